The van der Waals surface area contributed by atoms with Crippen molar-refractivity contribution >= 4 is 17.6 Å². The second kappa shape index (κ2) is 8.08. The first-order valence-corrected chi connectivity index (χ1v) is 8.86. The van der Waals surface area contributed by atoms with E-state index in [4.69, 9.17) is 4.74 Å². The van der Waals surface area contributed by atoms with E-state index in [1.54, 1.807) is 19.2 Å². The van der Waals surface area contributed by atoms with Gasteiger partial charge in [0.15, 0.2) is 0 Å². The lowest BCUT2D eigenvalue weighted by Crippen LogP contribution is -2.19. The zero-order chi connectivity index (χ0) is 17.6. The van der Waals surface area contributed by atoms with E-state index in [1.165, 1.54) is 18.0 Å². The van der Waals surface area contributed by atoms with Crippen LogP contribution < -0.4 is 9.04 Å². The first-order chi connectivity index (χ1) is 12.2. The fraction of sp³-hybridized carbons (Fsp3) is 0.143. The second-order valence-corrected chi connectivity index (χ2v) is 6.71. The van der Waals surface area contributed by atoms with Crippen LogP contribution in [0.3, 0.4) is 0 Å². The largest absolute Gasteiger partial charge is 0.497 e. The minimum atomic E-state index is -0.230. The van der Waals surface area contributed by atoms with Crippen LogP contribution in [-0.2, 0) is 0 Å². The first kappa shape index (κ1) is 17.4. The second-order valence-electron chi connectivity index (χ2n) is 5.66. The normalized spacial score (nSPS) is 11.8. The number of ether oxygens (including phenoxy) is 1. The number of methoxy groups -OCH3 is 1. The third-order valence-corrected chi connectivity index (χ3v) is 5.13. The Hall–Kier alpha value is -2.46. The van der Waals surface area contributed by atoms with Crippen LogP contribution in [0.5, 0.6) is 5.75 Å². The molecule has 128 valence electrons. The van der Waals surface area contributed by atoms with E-state index in [-0.39, 0.29) is 11.9 Å². The van der Waals surface area contributed by atoms with Crippen LogP contribution in [-0.4, -0.2) is 7.11 Å². The highest BCUT2D eigenvalue weighted by Crippen LogP contribution is 2.37. The molecule has 0 spiro atoms. The van der Waals surface area contributed by atoms with Crippen LogP contribution in [0.1, 0.15) is 18.5 Å². The number of para-hydroxylation sites is 1. The maximum Gasteiger partial charge on any atom is 0.124 e. The topological polar surface area (TPSA) is 12.5 Å². The van der Waals surface area contributed by atoms with Crippen molar-refractivity contribution in [1.29, 1.82) is 0 Å². The summed E-state index contributed by atoms with van der Waals surface area (Å²) in [6.45, 7) is 2.13. The van der Waals surface area contributed by atoms with Gasteiger partial charge >= 0.3 is 0 Å². The zero-order valence-electron chi connectivity index (χ0n) is 14.2. The summed E-state index contributed by atoms with van der Waals surface area (Å²) in [5.74, 6) is 0.597. The SMILES string of the molecule is COc1cccc(C(C)N(Sc2cccc(F)c2)c2ccccc2)c1. The lowest BCUT2D eigenvalue weighted by molar-refractivity contribution is 0.414. The number of hydrogen-bond acceptors (Lipinski definition) is 3. The number of benzene rings is 3. The van der Waals surface area contributed by atoms with Crippen molar-refractivity contribution in [2.24, 2.45) is 0 Å². The van der Waals surface area contributed by atoms with Gasteiger partial charge in [-0.05, 0) is 66.9 Å². The van der Waals surface area contributed by atoms with Gasteiger partial charge in [-0.1, -0.05) is 36.4 Å². The van der Waals surface area contributed by atoms with Crippen molar-refractivity contribution in [2.45, 2.75) is 17.9 Å². The van der Waals surface area contributed by atoms with Gasteiger partial charge in [-0.25, -0.2) is 4.39 Å². The molecule has 0 aliphatic heterocycles. The highest BCUT2D eigenvalue weighted by atomic mass is 32.2. The summed E-state index contributed by atoms with van der Waals surface area (Å²) >= 11 is 1.52. The minimum Gasteiger partial charge on any atom is -0.497 e. The third kappa shape index (κ3) is 4.34. The van der Waals surface area contributed by atoms with E-state index in [1.807, 2.05) is 42.5 Å². The highest BCUT2D eigenvalue weighted by molar-refractivity contribution is 8.00. The monoisotopic (exact) mass is 353 g/mol. The first-order valence-electron chi connectivity index (χ1n) is 8.09. The predicted molar refractivity (Wildman–Crippen MR) is 103 cm³/mol. The molecular formula is C21H20FNOS. The molecule has 0 aliphatic carbocycles. The fourth-order valence-electron chi connectivity index (χ4n) is 2.60. The molecule has 3 aromatic carbocycles. The van der Waals surface area contributed by atoms with Crippen LogP contribution in [0, 0.1) is 5.82 Å². The zero-order valence-corrected chi connectivity index (χ0v) is 15.0. The van der Waals surface area contributed by atoms with Gasteiger partial charge in [0.05, 0.1) is 13.2 Å². The van der Waals surface area contributed by atoms with Gasteiger partial charge in [-0.3, -0.25) is 0 Å². The van der Waals surface area contributed by atoms with E-state index in [0.717, 1.165) is 21.9 Å². The summed E-state index contributed by atoms with van der Waals surface area (Å²) in [5.41, 5.74) is 2.19. The van der Waals surface area contributed by atoms with Gasteiger partial charge in [0.1, 0.15) is 11.6 Å². The van der Waals surface area contributed by atoms with Crippen molar-refractivity contribution < 1.29 is 9.13 Å². The maximum absolute atomic E-state index is 13.6. The van der Waals surface area contributed by atoms with Crippen molar-refractivity contribution in [3.63, 3.8) is 0 Å². The Kier molecular flexibility index (Phi) is 5.61. The van der Waals surface area contributed by atoms with Gasteiger partial charge in [0, 0.05) is 10.6 Å². The molecule has 0 saturated heterocycles. The van der Waals surface area contributed by atoms with Crippen LogP contribution in [0.4, 0.5) is 10.1 Å². The van der Waals surface area contributed by atoms with Crippen LogP contribution >= 0.6 is 11.9 Å². The van der Waals surface area contributed by atoms with Gasteiger partial charge < -0.3 is 9.04 Å². The minimum absolute atomic E-state index is 0.0748. The average molecular weight is 353 g/mol. The van der Waals surface area contributed by atoms with Gasteiger partial charge in [-0.15, -0.1) is 0 Å². The summed E-state index contributed by atoms with van der Waals surface area (Å²) in [5, 5.41) is 0. The number of rotatable bonds is 6. The molecule has 0 fully saturated rings. The Morgan fingerprint density at radius 1 is 0.920 bits per heavy atom. The van der Waals surface area contributed by atoms with Gasteiger partial charge in [0.2, 0.25) is 0 Å². The summed E-state index contributed by atoms with van der Waals surface area (Å²) in [6.07, 6.45) is 0. The van der Waals surface area contributed by atoms with Gasteiger partial charge in [0.25, 0.3) is 0 Å². The third-order valence-electron chi connectivity index (χ3n) is 3.94. The Bertz CT molecular complexity index is 825. The molecule has 1 atom stereocenters. The van der Waals surface area contributed by atoms with Crippen molar-refractivity contribution in [3.8, 4) is 5.75 Å². The summed E-state index contributed by atoms with van der Waals surface area (Å²) in [4.78, 5) is 0.860. The van der Waals surface area contributed by atoms with Crippen molar-refractivity contribution in [1.82, 2.24) is 0 Å². The van der Waals surface area contributed by atoms with Crippen LogP contribution in [0.25, 0.3) is 0 Å². The Balaban J connectivity index is 1.95. The molecule has 4 heteroatoms. The Labute approximate surface area is 152 Å². The lowest BCUT2D eigenvalue weighted by Gasteiger charge is -2.30. The number of halogens is 1. The van der Waals surface area contributed by atoms with E-state index >= 15 is 0 Å². The number of hydrogen-bond donors (Lipinski definition) is 0. The molecule has 3 aromatic rings. The quantitative estimate of drug-likeness (QED) is 0.496. The van der Waals surface area contributed by atoms with E-state index in [2.05, 4.69) is 29.4 Å². The van der Waals surface area contributed by atoms with Gasteiger partial charge in [-0.2, -0.15) is 0 Å². The fourth-order valence-corrected chi connectivity index (χ4v) is 3.64. The summed E-state index contributed by atoms with van der Waals surface area (Å²) < 4.78 is 21.1. The predicted octanol–water partition coefficient (Wildman–Crippen LogP) is 6.11. The lowest BCUT2D eigenvalue weighted by atomic mass is 10.1. The molecule has 0 radical (unpaired) electrons. The van der Waals surface area contributed by atoms with E-state index < -0.39 is 0 Å². The van der Waals surface area contributed by atoms with E-state index in [0.29, 0.717) is 0 Å². The average Bonchev–Trinajstić information content (AvgIpc) is 2.66. The van der Waals surface area contributed by atoms with Crippen LogP contribution in [0.15, 0.2) is 83.8 Å². The molecule has 0 aromatic heterocycles. The molecule has 2 nitrogen and oxygen atoms in total. The van der Waals surface area contributed by atoms with Crippen molar-refractivity contribution in [3.05, 3.63) is 90.2 Å². The maximum atomic E-state index is 13.6. The summed E-state index contributed by atoms with van der Waals surface area (Å²) in [7, 11) is 1.67. The molecule has 0 aliphatic rings. The molecule has 0 bridgehead atoms. The standard InChI is InChI=1S/C21H20FNOS/c1-16(17-8-6-12-20(14-17)24-2)23(19-10-4-3-5-11-19)25-21-13-7-9-18(22)15-21/h3-16H,1-2H3. The number of anilines is 1. The Morgan fingerprint density at radius 2 is 1.68 bits per heavy atom. The molecule has 25 heavy (non-hydrogen) atoms. The summed E-state index contributed by atoms with van der Waals surface area (Å²) in [6, 6.07) is 24.9. The van der Waals surface area contributed by atoms with E-state index in [9.17, 15) is 4.39 Å². The van der Waals surface area contributed by atoms with Crippen molar-refractivity contribution in [2.75, 3.05) is 11.4 Å². The number of nitrogens with zero attached hydrogens (tertiary/aromatic N) is 1. The Morgan fingerprint density at radius 3 is 2.40 bits per heavy atom. The van der Waals surface area contributed by atoms with Crippen LogP contribution in [0.2, 0.25) is 0 Å². The molecular weight excluding hydrogens is 333 g/mol. The highest BCUT2D eigenvalue weighted by Gasteiger charge is 2.19. The smallest absolute Gasteiger partial charge is 0.124 e. The molecule has 0 saturated carbocycles. The molecule has 0 amide bonds. The molecule has 1 unspecified atom stereocenters. The molecule has 3 rings (SSSR count). The molecule has 0 N–H and O–H groups in total. The molecule has 0 heterocycles.